The summed E-state index contributed by atoms with van der Waals surface area (Å²) in [6.45, 7) is 3.11. The molecule has 42 valence electrons. The van der Waals surface area contributed by atoms with E-state index in [1.807, 2.05) is 0 Å². The number of aliphatic hydroxyl groups is 1. The molecule has 0 bridgehead atoms. The fourth-order valence-corrected chi connectivity index (χ4v) is 0. The van der Waals surface area contributed by atoms with Crippen LogP contribution in [0.1, 0.15) is 0 Å². The zero-order valence-electron chi connectivity index (χ0n) is 4.13. The molecule has 0 saturated heterocycles. The maximum atomic E-state index is 9.06. The molecule has 1 N–H and O–H groups in total. The number of allylic oxidation sites excluding steroid dienone is 1. The van der Waals surface area contributed by atoms with Crippen LogP contribution in [0.2, 0.25) is 0 Å². The van der Waals surface area contributed by atoms with Crippen molar-refractivity contribution in [1.82, 2.24) is 0 Å². The van der Waals surface area contributed by atoms with Gasteiger partial charge in [-0.25, -0.2) is 0 Å². The van der Waals surface area contributed by atoms with Gasteiger partial charge in [-0.05, 0) is 6.08 Å². The second-order valence-corrected chi connectivity index (χ2v) is 0.372. The Morgan fingerprint density at radius 3 is 1.71 bits per heavy atom. The van der Waals surface area contributed by atoms with Crippen LogP contribution in [-0.2, 0) is 10.3 Å². The molecular formula is C4H8O3. The van der Waals surface area contributed by atoms with Crippen LogP contribution in [0.15, 0.2) is 12.7 Å². The van der Waals surface area contributed by atoms with E-state index in [9.17, 15) is 0 Å². The average molecular weight is 104 g/mol. The Bertz CT molecular complexity index is 27.9. The highest BCUT2D eigenvalue weighted by Gasteiger charge is 1.38. The van der Waals surface area contributed by atoms with Gasteiger partial charge >= 0.3 is 0 Å². The minimum Gasteiger partial charge on any atom is -0.400 e. The van der Waals surface area contributed by atoms with Gasteiger partial charge < -0.3 is 5.11 Å². The van der Waals surface area contributed by atoms with Crippen molar-refractivity contribution in [3.63, 3.8) is 0 Å². The molecule has 0 aliphatic heterocycles. The van der Waals surface area contributed by atoms with Gasteiger partial charge in [0.2, 0.25) is 0 Å². The first kappa shape index (κ1) is 16.2. The molecule has 3 heteroatoms. The van der Waals surface area contributed by atoms with Gasteiger partial charge in [-0.15, -0.1) is 0 Å². The molecule has 0 aliphatic carbocycles. The topological polar surface area (TPSA) is 65.8 Å². The third kappa shape index (κ3) is 543. The quantitative estimate of drug-likeness (QED) is 0.371. The number of hydrogen-bond donors (Lipinski definition) is 1. The Balaban J connectivity index is -0.0000000480. The van der Waals surface area contributed by atoms with Crippen LogP contribution in [0.5, 0.6) is 0 Å². The van der Waals surface area contributed by atoms with Crippen molar-refractivity contribution in [2.24, 2.45) is 0 Å². The van der Waals surface area contributed by atoms with Crippen molar-refractivity contribution in [3.05, 3.63) is 12.7 Å². The normalized spacial score (nSPS) is 3.71. The number of aldehydes is 1. The van der Waals surface area contributed by atoms with Crippen LogP contribution in [0, 0.1) is 0 Å². The number of rotatable bonds is 1. The van der Waals surface area contributed by atoms with E-state index in [0.29, 0.717) is 6.29 Å². The molecule has 3 nitrogen and oxygen atoms in total. The lowest BCUT2D eigenvalue weighted by molar-refractivity contribution is -0.104. The summed E-state index contributed by atoms with van der Waals surface area (Å²) in [4.78, 5) is 9.06. The van der Waals surface area contributed by atoms with Crippen LogP contribution in [-0.4, -0.2) is 18.5 Å². The zero-order valence-corrected chi connectivity index (χ0v) is 4.13. The smallest absolute Gasteiger partial charge is 0.142 e. The summed E-state index contributed by atoms with van der Waals surface area (Å²) in [6.07, 6.45) is 1.83. The summed E-state index contributed by atoms with van der Waals surface area (Å²) < 4.78 is 0. The maximum absolute atomic E-state index is 9.06. The lowest BCUT2D eigenvalue weighted by atomic mass is 10.8. The van der Waals surface area contributed by atoms with Gasteiger partial charge in [0.15, 0.2) is 0 Å². The van der Waals surface area contributed by atoms with Crippen LogP contribution >= 0.6 is 0 Å². The van der Waals surface area contributed by atoms with E-state index in [2.05, 4.69) is 6.58 Å². The molecule has 0 spiro atoms. The summed E-state index contributed by atoms with van der Waals surface area (Å²) in [5.74, 6) is 0. The first-order chi connectivity index (χ1) is 2.91. The highest BCUT2D eigenvalue weighted by molar-refractivity contribution is 5.63. The molecule has 0 aromatic heterocycles. The molecule has 0 aliphatic rings. The largest absolute Gasteiger partial charge is 0.400 e. The van der Waals surface area contributed by atoms with Crippen molar-refractivity contribution in [2.45, 2.75) is 0 Å². The fourth-order valence-electron chi connectivity index (χ4n) is 0. The summed E-state index contributed by atoms with van der Waals surface area (Å²) >= 11 is 0. The van der Waals surface area contributed by atoms with E-state index < -0.39 is 0 Å². The molecular weight excluding hydrogens is 96.0 g/mol. The van der Waals surface area contributed by atoms with Crippen LogP contribution in [0.25, 0.3) is 0 Å². The van der Waals surface area contributed by atoms with E-state index in [1.54, 1.807) is 0 Å². The second kappa shape index (κ2) is 56.5. The van der Waals surface area contributed by atoms with Crippen molar-refractivity contribution < 1.29 is 15.4 Å². The molecule has 0 unspecified atom stereocenters. The van der Waals surface area contributed by atoms with Crippen molar-refractivity contribution in [1.29, 1.82) is 0 Å². The molecule has 0 atom stereocenters. The highest BCUT2D eigenvalue weighted by Crippen LogP contribution is 1.35. The minimum atomic E-state index is 0. The first-order valence-electron chi connectivity index (χ1n) is 1.42. The fraction of sp³-hybridized carbons (Fsp3) is 0.250. The van der Waals surface area contributed by atoms with Gasteiger partial charge in [0.05, 0.1) is 0 Å². The van der Waals surface area contributed by atoms with Crippen molar-refractivity contribution in [2.75, 3.05) is 7.11 Å². The molecule has 7 heavy (non-hydrogen) atoms. The highest BCUT2D eigenvalue weighted by atomic mass is 16.2. The van der Waals surface area contributed by atoms with E-state index in [1.165, 1.54) is 6.08 Å². The lowest BCUT2D eigenvalue weighted by Crippen LogP contribution is -1.44. The van der Waals surface area contributed by atoms with Gasteiger partial charge in [0.25, 0.3) is 0 Å². The summed E-state index contributed by atoms with van der Waals surface area (Å²) in [6, 6.07) is 0. The molecule has 2 radical (unpaired) electrons. The Morgan fingerprint density at radius 1 is 1.57 bits per heavy atom. The Hall–Kier alpha value is -0.670. The summed E-state index contributed by atoms with van der Waals surface area (Å²) in [5, 5.41) is 7.00. The van der Waals surface area contributed by atoms with E-state index >= 15 is 0 Å². The Kier molecular flexibility index (Phi) is 131. The number of hydrogen-bond acceptors (Lipinski definition) is 2. The molecule has 0 aromatic rings. The van der Waals surface area contributed by atoms with E-state index in [0.717, 1.165) is 7.11 Å². The maximum Gasteiger partial charge on any atom is 0.142 e. The standard InChI is InChI=1S/C3H4O.CH4O.O/c1-2-3-4;1-2;/h2-3H,1H2;2H,1H3;. The minimum absolute atomic E-state index is 0. The van der Waals surface area contributed by atoms with Crippen LogP contribution in [0.3, 0.4) is 0 Å². The number of aliphatic hydroxyl groups excluding tert-OH is 1. The second-order valence-electron chi connectivity index (χ2n) is 0.372. The van der Waals surface area contributed by atoms with Crippen molar-refractivity contribution in [3.8, 4) is 0 Å². The van der Waals surface area contributed by atoms with Crippen molar-refractivity contribution >= 4 is 6.29 Å². The third-order valence-corrected chi connectivity index (χ3v) is 0.0962. The SMILES string of the molecule is C=CC=O.CO.[O]. The third-order valence-electron chi connectivity index (χ3n) is 0.0962. The molecule has 0 heterocycles. The molecule has 0 amide bonds. The molecule has 0 saturated carbocycles. The lowest BCUT2D eigenvalue weighted by Gasteiger charge is -1.37. The Morgan fingerprint density at radius 2 is 1.71 bits per heavy atom. The molecule has 0 rings (SSSR count). The summed E-state index contributed by atoms with van der Waals surface area (Å²) in [7, 11) is 1.00. The zero-order chi connectivity index (χ0) is 5.41. The number of carbonyl (C=O) groups is 1. The molecule has 0 fully saturated rings. The van der Waals surface area contributed by atoms with Gasteiger partial charge in [-0.1, -0.05) is 6.58 Å². The van der Waals surface area contributed by atoms with Gasteiger partial charge in [0.1, 0.15) is 6.29 Å². The first-order valence-corrected chi connectivity index (χ1v) is 1.42. The average Bonchev–Trinajstić information content (AvgIpc) is 1.72. The Labute approximate surface area is 42.6 Å². The van der Waals surface area contributed by atoms with Crippen LogP contribution in [0.4, 0.5) is 0 Å². The number of carbonyl (C=O) groups excluding carboxylic acids is 1. The van der Waals surface area contributed by atoms with Gasteiger partial charge in [-0.2, -0.15) is 0 Å². The van der Waals surface area contributed by atoms with Gasteiger partial charge in [-0.3, -0.25) is 4.79 Å². The van der Waals surface area contributed by atoms with Crippen LogP contribution < -0.4 is 0 Å². The molecule has 0 aromatic carbocycles. The predicted octanol–water partition coefficient (Wildman–Crippen LogP) is -0.139. The van der Waals surface area contributed by atoms with E-state index in [-0.39, 0.29) is 5.48 Å². The van der Waals surface area contributed by atoms with Gasteiger partial charge in [0, 0.05) is 12.6 Å². The predicted molar refractivity (Wildman–Crippen MR) is 25.1 cm³/mol. The summed E-state index contributed by atoms with van der Waals surface area (Å²) in [5.41, 5.74) is 0. The monoisotopic (exact) mass is 104 g/mol. The van der Waals surface area contributed by atoms with E-state index in [4.69, 9.17) is 9.90 Å².